The fraction of sp³-hybridized carbons (Fsp3) is 0.188. The Morgan fingerprint density at radius 1 is 1.19 bits per heavy atom. The van der Waals surface area contributed by atoms with Gasteiger partial charge in [-0.15, -0.1) is 0 Å². The highest BCUT2D eigenvalue weighted by molar-refractivity contribution is 5.58. The van der Waals surface area contributed by atoms with Crippen LogP contribution in [-0.2, 0) is 6.42 Å². The molecule has 21 heavy (non-hydrogen) atoms. The molecule has 5 nitrogen and oxygen atoms in total. The molecule has 3 aromatic rings. The van der Waals surface area contributed by atoms with Crippen LogP contribution in [0.3, 0.4) is 0 Å². The lowest BCUT2D eigenvalue weighted by molar-refractivity contribution is 0.170. The predicted molar refractivity (Wildman–Crippen MR) is 77.4 cm³/mol. The van der Waals surface area contributed by atoms with E-state index in [0.717, 1.165) is 23.1 Å². The molecule has 0 aliphatic rings. The van der Waals surface area contributed by atoms with Crippen molar-refractivity contribution in [3.05, 3.63) is 65.8 Å². The third-order valence-corrected chi connectivity index (χ3v) is 3.32. The van der Waals surface area contributed by atoms with Crippen molar-refractivity contribution in [2.45, 2.75) is 19.4 Å². The van der Waals surface area contributed by atoms with Crippen LogP contribution in [0.15, 0.2) is 53.3 Å². The van der Waals surface area contributed by atoms with Crippen molar-refractivity contribution in [2.75, 3.05) is 0 Å². The number of hydrogen-bond donors (Lipinski definition) is 1. The summed E-state index contributed by atoms with van der Waals surface area (Å²) in [6.45, 7) is 2.04. The van der Waals surface area contributed by atoms with Crippen molar-refractivity contribution < 1.29 is 9.63 Å². The van der Waals surface area contributed by atoms with Crippen LogP contribution < -0.4 is 0 Å². The van der Waals surface area contributed by atoms with E-state index in [0.29, 0.717) is 5.82 Å². The van der Waals surface area contributed by atoms with Crippen molar-refractivity contribution in [3.8, 4) is 11.4 Å². The lowest BCUT2D eigenvalue weighted by Crippen LogP contribution is -1.99. The zero-order valence-corrected chi connectivity index (χ0v) is 11.6. The number of aryl methyl sites for hydroxylation is 1. The van der Waals surface area contributed by atoms with E-state index in [1.807, 2.05) is 43.3 Å². The maximum Gasteiger partial charge on any atom is 0.260 e. The number of aromatic nitrogens is 3. The summed E-state index contributed by atoms with van der Waals surface area (Å²) < 4.78 is 5.20. The molecular formula is C16H15N3O2. The standard InChI is InChI=1S/C16H15N3O2/c1-2-11-10-17-9-8-13(11)15-18-16(21-19-15)14(20)12-6-4-3-5-7-12/h3-10,14,20H,2H2,1H3. The summed E-state index contributed by atoms with van der Waals surface area (Å²) in [5.41, 5.74) is 2.64. The van der Waals surface area contributed by atoms with E-state index in [2.05, 4.69) is 15.1 Å². The Labute approximate surface area is 122 Å². The minimum Gasteiger partial charge on any atom is -0.378 e. The zero-order chi connectivity index (χ0) is 14.7. The van der Waals surface area contributed by atoms with E-state index in [-0.39, 0.29) is 5.89 Å². The molecular weight excluding hydrogens is 266 g/mol. The van der Waals surface area contributed by atoms with Gasteiger partial charge >= 0.3 is 0 Å². The smallest absolute Gasteiger partial charge is 0.260 e. The fourth-order valence-corrected chi connectivity index (χ4v) is 2.16. The van der Waals surface area contributed by atoms with Crippen molar-refractivity contribution in [1.29, 1.82) is 0 Å². The molecule has 2 heterocycles. The third kappa shape index (κ3) is 2.68. The summed E-state index contributed by atoms with van der Waals surface area (Å²) in [5.74, 6) is 0.661. The average molecular weight is 281 g/mol. The lowest BCUT2D eigenvalue weighted by Gasteiger charge is -2.04. The van der Waals surface area contributed by atoms with Crippen LogP contribution >= 0.6 is 0 Å². The van der Waals surface area contributed by atoms with Crippen molar-refractivity contribution >= 4 is 0 Å². The Balaban J connectivity index is 1.93. The van der Waals surface area contributed by atoms with Gasteiger partial charge in [0.05, 0.1) is 0 Å². The Bertz CT molecular complexity index is 725. The Hall–Kier alpha value is -2.53. The largest absolute Gasteiger partial charge is 0.378 e. The van der Waals surface area contributed by atoms with Crippen LogP contribution in [0.5, 0.6) is 0 Å². The lowest BCUT2D eigenvalue weighted by atomic mass is 10.1. The molecule has 1 atom stereocenters. The number of aliphatic hydroxyl groups excluding tert-OH is 1. The molecule has 1 unspecified atom stereocenters. The van der Waals surface area contributed by atoms with Gasteiger partial charge in [0.2, 0.25) is 5.82 Å². The van der Waals surface area contributed by atoms with Crippen LogP contribution in [-0.4, -0.2) is 20.2 Å². The highest BCUT2D eigenvalue weighted by Crippen LogP contribution is 2.25. The van der Waals surface area contributed by atoms with Crippen LogP contribution in [0.1, 0.15) is 30.0 Å². The third-order valence-electron chi connectivity index (χ3n) is 3.32. The minimum atomic E-state index is -0.917. The Morgan fingerprint density at radius 3 is 2.76 bits per heavy atom. The molecule has 1 aromatic carbocycles. The maximum absolute atomic E-state index is 10.3. The summed E-state index contributed by atoms with van der Waals surface area (Å²) in [4.78, 5) is 8.41. The van der Waals surface area contributed by atoms with Gasteiger partial charge in [-0.3, -0.25) is 4.98 Å². The van der Waals surface area contributed by atoms with E-state index in [9.17, 15) is 5.11 Å². The van der Waals surface area contributed by atoms with Gasteiger partial charge in [-0.25, -0.2) is 0 Å². The summed E-state index contributed by atoms with van der Waals surface area (Å²) in [7, 11) is 0. The first-order valence-electron chi connectivity index (χ1n) is 6.79. The monoisotopic (exact) mass is 281 g/mol. The van der Waals surface area contributed by atoms with Gasteiger partial charge in [0.1, 0.15) is 0 Å². The van der Waals surface area contributed by atoms with E-state index < -0.39 is 6.10 Å². The highest BCUT2D eigenvalue weighted by Gasteiger charge is 2.19. The van der Waals surface area contributed by atoms with Crippen LogP contribution in [0.25, 0.3) is 11.4 Å². The number of rotatable bonds is 4. The first-order valence-corrected chi connectivity index (χ1v) is 6.79. The molecule has 0 radical (unpaired) electrons. The molecule has 0 fully saturated rings. The molecule has 2 aromatic heterocycles. The molecule has 0 spiro atoms. The molecule has 0 saturated heterocycles. The SMILES string of the molecule is CCc1cnccc1-c1noc(C(O)c2ccccc2)n1. The maximum atomic E-state index is 10.3. The van der Waals surface area contributed by atoms with Gasteiger partial charge in [0.25, 0.3) is 5.89 Å². The van der Waals surface area contributed by atoms with Gasteiger partial charge in [0, 0.05) is 18.0 Å². The topological polar surface area (TPSA) is 72.0 Å². The number of pyridine rings is 1. The molecule has 0 amide bonds. The van der Waals surface area contributed by atoms with Crippen molar-refractivity contribution in [1.82, 2.24) is 15.1 Å². The summed E-state index contributed by atoms with van der Waals surface area (Å²) in [6, 6.07) is 11.1. The molecule has 0 bridgehead atoms. The van der Waals surface area contributed by atoms with Crippen LogP contribution in [0.2, 0.25) is 0 Å². The quantitative estimate of drug-likeness (QED) is 0.796. The predicted octanol–water partition coefficient (Wildman–Crippen LogP) is 2.78. The number of aliphatic hydroxyl groups is 1. The first kappa shape index (κ1) is 13.5. The van der Waals surface area contributed by atoms with Crippen molar-refractivity contribution in [3.63, 3.8) is 0 Å². The van der Waals surface area contributed by atoms with Gasteiger partial charge in [-0.05, 0) is 23.6 Å². The van der Waals surface area contributed by atoms with Gasteiger partial charge in [0.15, 0.2) is 6.10 Å². The first-order chi connectivity index (χ1) is 10.3. The molecule has 0 saturated carbocycles. The second kappa shape index (κ2) is 5.85. The van der Waals surface area contributed by atoms with Gasteiger partial charge in [-0.1, -0.05) is 42.4 Å². The second-order valence-corrected chi connectivity index (χ2v) is 4.66. The molecule has 0 aliphatic heterocycles. The number of nitrogens with zero attached hydrogens (tertiary/aromatic N) is 3. The van der Waals surface area contributed by atoms with Crippen molar-refractivity contribution in [2.24, 2.45) is 0 Å². The molecule has 106 valence electrons. The molecule has 1 N–H and O–H groups in total. The van der Waals surface area contributed by atoms with Crippen LogP contribution in [0.4, 0.5) is 0 Å². The number of hydrogen-bond acceptors (Lipinski definition) is 5. The average Bonchev–Trinajstić information content (AvgIpc) is 3.04. The van der Waals surface area contributed by atoms with E-state index in [1.165, 1.54) is 0 Å². The highest BCUT2D eigenvalue weighted by atomic mass is 16.5. The Morgan fingerprint density at radius 2 is 2.00 bits per heavy atom. The summed E-state index contributed by atoms with van der Waals surface area (Å²) in [5, 5.41) is 14.2. The normalized spacial score (nSPS) is 12.3. The van der Waals surface area contributed by atoms with Gasteiger partial charge in [-0.2, -0.15) is 4.98 Å². The summed E-state index contributed by atoms with van der Waals surface area (Å²) >= 11 is 0. The van der Waals surface area contributed by atoms with E-state index in [4.69, 9.17) is 4.52 Å². The molecule has 3 rings (SSSR count). The minimum absolute atomic E-state index is 0.190. The molecule has 0 aliphatic carbocycles. The number of benzene rings is 1. The second-order valence-electron chi connectivity index (χ2n) is 4.66. The summed E-state index contributed by atoms with van der Waals surface area (Å²) in [6.07, 6.45) is 3.39. The Kier molecular flexibility index (Phi) is 3.75. The zero-order valence-electron chi connectivity index (χ0n) is 11.6. The van der Waals surface area contributed by atoms with Gasteiger partial charge < -0.3 is 9.63 Å². The van der Waals surface area contributed by atoms with E-state index in [1.54, 1.807) is 12.4 Å². The van der Waals surface area contributed by atoms with E-state index >= 15 is 0 Å². The van der Waals surface area contributed by atoms with Crippen LogP contribution in [0, 0.1) is 0 Å². The molecule has 5 heteroatoms. The fourth-order valence-electron chi connectivity index (χ4n) is 2.16.